The molecule has 166 valence electrons. The Kier molecular flexibility index (Phi) is 7.19. The Balaban J connectivity index is 1.35. The van der Waals surface area contributed by atoms with Crippen molar-refractivity contribution in [1.82, 2.24) is 0 Å². The summed E-state index contributed by atoms with van der Waals surface area (Å²) in [6, 6.07) is 24.6. The van der Waals surface area contributed by atoms with E-state index in [-0.39, 0.29) is 11.9 Å². The van der Waals surface area contributed by atoms with E-state index in [1.54, 1.807) is 18.2 Å². The van der Waals surface area contributed by atoms with Gasteiger partial charge in [-0.25, -0.2) is 0 Å². The van der Waals surface area contributed by atoms with Crippen molar-refractivity contribution in [3.63, 3.8) is 0 Å². The van der Waals surface area contributed by atoms with Crippen molar-refractivity contribution >= 4 is 17.5 Å². The Hall–Kier alpha value is -3.88. The molecule has 1 aliphatic rings. The molecule has 1 N–H and O–H groups in total. The zero-order valence-corrected chi connectivity index (χ0v) is 18.4. The van der Waals surface area contributed by atoms with Gasteiger partial charge >= 0.3 is 0 Å². The molecule has 33 heavy (non-hydrogen) atoms. The predicted molar refractivity (Wildman–Crippen MR) is 129 cm³/mol. The van der Waals surface area contributed by atoms with E-state index in [2.05, 4.69) is 11.0 Å². The normalized spacial score (nSPS) is 14.2. The van der Waals surface area contributed by atoms with Gasteiger partial charge in [0.15, 0.2) is 5.78 Å². The van der Waals surface area contributed by atoms with Crippen LogP contribution in [-0.4, -0.2) is 30.1 Å². The van der Waals surface area contributed by atoms with E-state index >= 15 is 0 Å². The molecule has 1 fully saturated rings. The van der Waals surface area contributed by atoms with E-state index < -0.39 is 0 Å². The van der Waals surface area contributed by atoms with Crippen molar-refractivity contribution in [2.45, 2.75) is 25.6 Å². The average Bonchev–Trinajstić information content (AvgIpc) is 2.87. The van der Waals surface area contributed by atoms with Gasteiger partial charge in [-0.3, -0.25) is 4.79 Å². The molecule has 0 atom stereocenters. The average molecular weight is 439 g/mol. The van der Waals surface area contributed by atoms with Crippen LogP contribution in [0.4, 0.5) is 5.69 Å². The van der Waals surface area contributed by atoms with E-state index in [4.69, 9.17) is 10.00 Å². The number of anilines is 1. The predicted octanol–water partition coefficient (Wildman–Crippen LogP) is 4.99. The molecule has 5 nitrogen and oxygen atoms in total. The fourth-order valence-corrected chi connectivity index (χ4v) is 3.83. The summed E-state index contributed by atoms with van der Waals surface area (Å²) in [6.07, 6.45) is 4.70. The third-order valence-electron chi connectivity index (χ3n) is 5.73. The van der Waals surface area contributed by atoms with Gasteiger partial charge < -0.3 is 14.7 Å². The fraction of sp³-hybridized carbons (Fsp3) is 0.214. The lowest BCUT2D eigenvalue weighted by Gasteiger charge is -2.31. The maximum absolute atomic E-state index is 12.6. The van der Waals surface area contributed by atoms with Crippen LogP contribution in [0.5, 0.6) is 5.75 Å². The number of aliphatic hydroxyl groups is 1. The number of hydrogen-bond acceptors (Lipinski definition) is 5. The van der Waals surface area contributed by atoms with E-state index in [0.717, 1.165) is 42.7 Å². The number of aliphatic hydroxyl groups excluding tert-OH is 1. The van der Waals surface area contributed by atoms with Gasteiger partial charge in [-0.15, -0.1) is 0 Å². The molecule has 4 rings (SSSR count). The number of nitriles is 1. The molecule has 3 aromatic rings. The number of piperidine rings is 1. The van der Waals surface area contributed by atoms with Gasteiger partial charge in [-0.05, 0) is 78.6 Å². The molecule has 0 amide bonds. The van der Waals surface area contributed by atoms with E-state index in [9.17, 15) is 9.90 Å². The molecule has 1 aliphatic heterocycles. The molecule has 0 bridgehead atoms. The number of hydrogen-bond donors (Lipinski definition) is 1. The van der Waals surface area contributed by atoms with E-state index in [1.165, 1.54) is 0 Å². The molecule has 0 aliphatic carbocycles. The molecule has 0 aromatic heterocycles. The zero-order valence-electron chi connectivity index (χ0n) is 18.4. The van der Waals surface area contributed by atoms with Gasteiger partial charge in [0.1, 0.15) is 12.4 Å². The first kappa shape index (κ1) is 22.3. The van der Waals surface area contributed by atoms with Gasteiger partial charge in [0.05, 0.1) is 17.7 Å². The van der Waals surface area contributed by atoms with Crippen LogP contribution in [0.3, 0.4) is 0 Å². The maximum Gasteiger partial charge on any atom is 0.185 e. The van der Waals surface area contributed by atoms with Crippen molar-refractivity contribution in [3.05, 3.63) is 101 Å². The monoisotopic (exact) mass is 438 g/mol. The van der Waals surface area contributed by atoms with Crippen LogP contribution in [0.1, 0.15) is 39.9 Å². The molecule has 5 heteroatoms. The Morgan fingerprint density at radius 3 is 2.58 bits per heavy atom. The summed E-state index contributed by atoms with van der Waals surface area (Å²) < 4.78 is 5.85. The molecular formula is C28H26N2O3. The Morgan fingerprint density at radius 2 is 1.82 bits per heavy atom. The van der Waals surface area contributed by atoms with Crippen LogP contribution in [0.15, 0.2) is 78.9 Å². The minimum Gasteiger partial charge on any atom is -0.489 e. The lowest BCUT2D eigenvalue weighted by molar-refractivity contribution is 0.104. The molecule has 0 radical (unpaired) electrons. The third kappa shape index (κ3) is 6.09. The maximum atomic E-state index is 12.6. The highest BCUT2D eigenvalue weighted by atomic mass is 16.5. The summed E-state index contributed by atoms with van der Waals surface area (Å²) in [5.74, 6) is 0.637. The summed E-state index contributed by atoms with van der Waals surface area (Å²) in [5, 5.41) is 18.7. The highest BCUT2D eigenvalue weighted by Crippen LogP contribution is 2.21. The molecule has 3 aromatic carbocycles. The lowest BCUT2D eigenvalue weighted by Crippen LogP contribution is -2.35. The summed E-state index contributed by atoms with van der Waals surface area (Å²) in [7, 11) is 0. The summed E-state index contributed by atoms with van der Waals surface area (Å²) >= 11 is 0. The third-order valence-corrected chi connectivity index (χ3v) is 5.73. The van der Waals surface area contributed by atoms with Crippen molar-refractivity contribution in [2.75, 3.05) is 18.0 Å². The minimum absolute atomic E-state index is 0.0599. The number of nitrogens with zero attached hydrogens (tertiary/aromatic N) is 2. The van der Waals surface area contributed by atoms with Crippen molar-refractivity contribution < 1.29 is 14.6 Å². The molecule has 0 saturated carbocycles. The Morgan fingerprint density at radius 1 is 1.06 bits per heavy atom. The highest BCUT2D eigenvalue weighted by Gasteiger charge is 2.17. The van der Waals surface area contributed by atoms with Crippen LogP contribution in [0.25, 0.3) is 6.08 Å². The van der Waals surface area contributed by atoms with Crippen LogP contribution in [0.2, 0.25) is 0 Å². The SMILES string of the molecule is N#Cc1cccc(COc2cccc(/C=C/C(=O)c3ccc(N4CCC(O)CC4)cc3)c2)c1. The van der Waals surface area contributed by atoms with Gasteiger partial charge in [-0.2, -0.15) is 5.26 Å². The van der Waals surface area contributed by atoms with Crippen molar-refractivity contribution in [3.8, 4) is 11.8 Å². The molecular weight excluding hydrogens is 412 g/mol. The number of allylic oxidation sites excluding steroid dienone is 1. The van der Waals surface area contributed by atoms with Crippen LogP contribution in [0, 0.1) is 11.3 Å². The second-order valence-electron chi connectivity index (χ2n) is 8.14. The largest absolute Gasteiger partial charge is 0.489 e. The fourth-order valence-electron chi connectivity index (χ4n) is 3.83. The van der Waals surface area contributed by atoms with Crippen LogP contribution >= 0.6 is 0 Å². The van der Waals surface area contributed by atoms with Gasteiger partial charge in [0, 0.05) is 24.3 Å². The summed E-state index contributed by atoms with van der Waals surface area (Å²) in [6.45, 7) is 2.02. The van der Waals surface area contributed by atoms with E-state index in [1.807, 2.05) is 66.7 Å². The number of ether oxygens (including phenoxy) is 1. The first-order valence-corrected chi connectivity index (χ1v) is 11.1. The zero-order chi connectivity index (χ0) is 23.0. The number of ketones is 1. The van der Waals surface area contributed by atoms with Gasteiger partial charge in [0.25, 0.3) is 0 Å². The molecule has 1 heterocycles. The number of rotatable bonds is 7. The quantitative estimate of drug-likeness (QED) is 0.415. The Labute approximate surface area is 194 Å². The van der Waals surface area contributed by atoms with Gasteiger partial charge in [-0.1, -0.05) is 30.3 Å². The smallest absolute Gasteiger partial charge is 0.185 e. The van der Waals surface area contributed by atoms with Crippen LogP contribution in [-0.2, 0) is 6.61 Å². The standard InChI is InChI=1S/C28H26N2O3/c29-19-22-4-1-5-23(17-22)20-33-27-6-2-3-21(18-27)7-12-28(32)24-8-10-25(11-9-24)30-15-13-26(31)14-16-30/h1-12,17-18,26,31H,13-16,20H2/b12-7+. The van der Waals surface area contributed by atoms with Crippen molar-refractivity contribution in [1.29, 1.82) is 5.26 Å². The topological polar surface area (TPSA) is 73.6 Å². The molecule has 1 saturated heterocycles. The second-order valence-corrected chi connectivity index (χ2v) is 8.14. The second kappa shape index (κ2) is 10.6. The molecule has 0 spiro atoms. The summed E-state index contributed by atoms with van der Waals surface area (Å²) in [5.41, 5.74) is 4.11. The number of benzene rings is 3. The summed E-state index contributed by atoms with van der Waals surface area (Å²) in [4.78, 5) is 14.8. The highest BCUT2D eigenvalue weighted by molar-refractivity contribution is 6.07. The lowest BCUT2D eigenvalue weighted by atomic mass is 10.1. The first-order chi connectivity index (χ1) is 16.1. The molecule has 0 unspecified atom stereocenters. The first-order valence-electron chi connectivity index (χ1n) is 11.1. The van der Waals surface area contributed by atoms with E-state index in [0.29, 0.717) is 23.5 Å². The van der Waals surface area contributed by atoms with Gasteiger partial charge in [0.2, 0.25) is 0 Å². The van der Waals surface area contributed by atoms with Crippen molar-refractivity contribution in [2.24, 2.45) is 0 Å². The minimum atomic E-state index is -0.203. The van der Waals surface area contributed by atoms with Crippen LogP contribution < -0.4 is 9.64 Å². The number of carbonyl (C=O) groups is 1. The Bertz CT molecular complexity index is 1170. The number of carbonyl (C=O) groups excluding carboxylic acids is 1.